The van der Waals surface area contributed by atoms with Crippen molar-refractivity contribution in [1.82, 2.24) is 10.3 Å². The van der Waals surface area contributed by atoms with Crippen LogP contribution in [-0.2, 0) is 11.3 Å². The van der Waals surface area contributed by atoms with Gasteiger partial charge in [-0.2, -0.15) is 0 Å². The second kappa shape index (κ2) is 5.61. The zero-order chi connectivity index (χ0) is 12.1. The fraction of sp³-hybridized carbons (Fsp3) is 0.500. The highest BCUT2D eigenvalue weighted by molar-refractivity contribution is 5.70. The van der Waals surface area contributed by atoms with Gasteiger partial charge in [-0.25, -0.2) is 0 Å². The predicted molar refractivity (Wildman–Crippen MR) is 62.1 cm³/mol. The van der Waals surface area contributed by atoms with Gasteiger partial charge < -0.3 is 10.4 Å². The second-order valence-corrected chi connectivity index (χ2v) is 4.10. The number of nitrogens with zero attached hydrogens (tertiary/aromatic N) is 1. The molecular weight excluding hydrogens is 204 g/mol. The summed E-state index contributed by atoms with van der Waals surface area (Å²) in [5, 5.41) is 12.0. The summed E-state index contributed by atoms with van der Waals surface area (Å²) in [5.41, 5.74) is 2.05. The number of nitrogens with one attached hydrogen (secondary N) is 1. The molecule has 2 unspecified atom stereocenters. The molecule has 16 heavy (non-hydrogen) atoms. The van der Waals surface area contributed by atoms with Gasteiger partial charge in [0, 0.05) is 24.5 Å². The minimum atomic E-state index is -0.776. The van der Waals surface area contributed by atoms with Crippen LogP contribution in [0.4, 0.5) is 0 Å². The SMILES string of the molecule is Cc1ccc(CNC(C)C(C)C(=O)O)cn1. The zero-order valence-corrected chi connectivity index (χ0v) is 9.90. The van der Waals surface area contributed by atoms with Gasteiger partial charge in [0.1, 0.15) is 0 Å². The van der Waals surface area contributed by atoms with E-state index >= 15 is 0 Å². The first-order valence-electron chi connectivity index (χ1n) is 5.38. The fourth-order valence-corrected chi connectivity index (χ4v) is 1.27. The molecular formula is C12H18N2O2. The first kappa shape index (κ1) is 12.6. The molecule has 0 bridgehead atoms. The van der Waals surface area contributed by atoms with Gasteiger partial charge in [-0.05, 0) is 25.5 Å². The Kier molecular flexibility index (Phi) is 4.43. The van der Waals surface area contributed by atoms with E-state index < -0.39 is 11.9 Å². The number of carboxylic acids is 1. The Hall–Kier alpha value is -1.42. The number of hydrogen-bond donors (Lipinski definition) is 2. The summed E-state index contributed by atoms with van der Waals surface area (Å²) in [7, 11) is 0. The Bertz CT molecular complexity index is 349. The second-order valence-electron chi connectivity index (χ2n) is 4.10. The summed E-state index contributed by atoms with van der Waals surface area (Å²) < 4.78 is 0. The summed E-state index contributed by atoms with van der Waals surface area (Å²) in [6, 6.07) is 3.88. The van der Waals surface area contributed by atoms with Crippen molar-refractivity contribution >= 4 is 5.97 Å². The molecule has 88 valence electrons. The number of aryl methyl sites for hydroxylation is 1. The monoisotopic (exact) mass is 222 g/mol. The lowest BCUT2D eigenvalue weighted by Gasteiger charge is -2.17. The molecule has 0 radical (unpaired) electrons. The van der Waals surface area contributed by atoms with Crippen molar-refractivity contribution in [3.8, 4) is 0 Å². The van der Waals surface area contributed by atoms with Gasteiger partial charge in [-0.3, -0.25) is 9.78 Å². The van der Waals surface area contributed by atoms with Crippen LogP contribution in [0.1, 0.15) is 25.1 Å². The van der Waals surface area contributed by atoms with Crippen LogP contribution in [0.15, 0.2) is 18.3 Å². The van der Waals surface area contributed by atoms with Gasteiger partial charge in [0.05, 0.1) is 5.92 Å². The standard InChI is InChI=1S/C12H18N2O2/c1-8-4-5-11(6-13-8)7-14-10(3)9(2)12(15)16/h4-6,9-10,14H,7H2,1-3H3,(H,15,16). The van der Waals surface area contributed by atoms with Crippen LogP contribution in [0.3, 0.4) is 0 Å². The van der Waals surface area contributed by atoms with E-state index in [1.54, 1.807) is 13.1 Å². The lowest BCUT2D eigenvalue weighted by Crippen LogP contribution is -2.35. The quantitative estimate of drug-likeness (QED) is 0.794. The molecule has 0 aliphatic carbocycles. The number of aromatic nitrogens is 1. The van der Waals surface area contributed by atoms with E-state index in [9.17, 15) is 4.79 Å². The summed E-state index contributed by atoms with van der Waals surface area (Å²) in [6.45, 7) is 6.16. The van der Waals surface area contributed by atoms with E-state index in [0.717, 1.165) is 11.3 Å². The summed E-state index contributed by atoms with van der Waals surface area (Å²) in [6.07, 6.45) is 1.81. The Morgan fingerprint density at radius 3 is 2.69 bits per heavy atom. The molecule has 0 aliphatic rings. The van der Waals surface area contributed by atoms with E-state index in [2.05, 4.69) is 10.3 Å². The van der Waals surface area contributed by atoms with E-state index in [-0.39, 0.29) is 6.04 Å². The van der Waals surface area contributed by atoms with Gasteiger partial charge in [0.25, 0.3) is 0 Å². The molecule has 2 atom stereocenters. The average molecular weight is 222 g/mol. The van der Waals surface area contributed by atoms with Crippen molar-refractivity contribution < 1.29 is 9.90 Å². The molecule has 0 saturated heterocycles. The fourth-order valence-electron chi connectivity index (χ4n) is 1.27. The lowest BCUT2D eigenvalue weighted by molar-refractivity contribution is -0.141. The van der Waals surface area contributed by atoms with Crippen molar-refractivity contribution in [3.63, 3.8) is 0 Å². The lowest BCUT2D eigenvalue weighted by atomic mass is 10.0. The molecule has 1 aromatic heterocycles. The van der Waals surface area contributed by atoms with Crippen LogP contribution in [0.2, 0.25) is 0 Å². The Morgan fingerprint density at radius 1 is 1.50 bits per heavy atom. The first-order chi connectivity index (χ1) is 7.50. The smallest absolute Gasteiger partial charge is 0.307 e. The molecule has 4 nitrogen and oxygen atoms in total. The first-order valence-corrected chi connectivity index (χ1v) is 5.38. The normalized spacial score (nSPS) is 14.4. The van der Waals surface area contributed by atoms with E-state index in [1.165, 1.54) is 0 Å². The molecule has 0 amide bonds. The van der Waals surface area contributed by atoms with Crippen molar-refractivity contribution in [1.29, 1.82) is 0 Å². The van der Waals surface area contributed by atoms with E-state index in [1.807, 2.05) is 26.0 Å². The number of pyridine rings is 1. The highest BCUT2D eigenvalue weighted by Gasteiger charge is 2.18. The van der Waals surface area contributed by atoms with Crippen molar-refractivity contribution in [2.75, 3.05) is 0 Å². The number of carbonyl (C=O) groups is 1. The number of aliphatic carboxylic acids is 1. The number of rotatable bonds is 5. The maximum Gasteiger partial charge on any atom is 0.307 e. The maximum absolute atomic E-state index is 10.7. The van der Waals surface area contributed by atoms with Crippen LogP contribution in [0.25, 0.3) is 0 Å². The minimum absolute atomic E-state index is 0.0567. The van der Waals surface area contributed by atoms with Gasteiger partial charge in [-0.1, -0.05) is 13.0 Å². The Morgan fingerprint density at radius 2 is 2.19 bits per heavy atom. The topological polar surface area (TPSA) is 62.2 Å². The van der Waals surface area contributed by atoms with Crippen LogP contribution < -0.4 is 5.32 Å². The summed E-state index contributed by atoms with van der Waals surface area (Å²) in [4.78, 5) is 14.9. The van der Waals surface area contributed by atoms with Gasteiger partial charge >= 0.3 is 5.97 Å². The highest BCUT2D eigenvalue weighted by Crippen LogP contribution is 2.04. The summed E-state index contributed by atoms with van der Waals surface area (Å²) >= 11 is 0. The van der Waals surface area contributed by atoms with Crippen LogP contribution in [0, 0.1) is 12.8 Å². The molecule has 1 aromatic rings. The third-order valence-electron chi connectivity index (χ3n) is 2.74. The molecule has 0 fully saturated rings. The average Bonchev–Trinajstić information content (AvgIpc) is 2.26. The van der Waals surface area contributed by atoms with Crippen LogP contribution in [0.5, 0.6) is 0 Å². The largest absolute Gasteiger partial charge is 0.481 e. The van der Waals surface area contributed by atoms with Crippen molar-refractivity contribution in [2.24, 2.45) is 5.92 Å². The third kappa shape index (κ3) is 3.62. The molecule has 1 rings (SSSR count). The third-order valence-corrected chi connectivity index (χ3v) is 2.74. The number of carboxylic acid groups (broad SMARTS) is 1. The van der Waals surface area contributed by atoms with Crippen LogP contribution >= 0.6 is 0 Å². The molecule has 4 heteroatoms. The van der Waals surface area contributed by atoms with Crippen molar-refractivity contribution in [2.45, 2.75) is 33.4 Å². The molecule has 0 saturated carbocycles. The molecule has 0 aliphatic heterocycles. The molecule has 0 aromatic carbocycles. The van der Waals surface area contributed by atoms with Gasteiger partial charge in [0.2, 0.25) is 0 Å². The Balaban J connectivity index is 2.45. The predicted octanol–water partition coefficient (Wildman–Crippen LogP) is 1.59. The minimum Gasteiger partial charge on any atom is -0.481 e. The Labute approximate surface area is 95.7 Å². The molecule has 0 spiro atoms. The molecule has 1 heterocycles. The number of hydrogen-bond acceptors (Lipinski definition) is 3. The van der Waals surface area contributed by atoms with Gasteiger partial charge in [0.15, 0.2) is 0 Å². The highest BCUT2D eigenvalue weighted by atomic mass is 16.4. The summed E-state index contributed by atoms with van der Waals surface area (Å²) in [5.74, 6) is -1.17. The maximum atomic E-state index is 10.7. The zero-order valence-electron chi connectivity index (χ0n) is 9.90. The molecule has 2 N–H and O–H groups in total. The van der Waals surface area contributed by atoms with E-state index in [0.29, 0.717) is 6.54 Å². The van der Waals surface area contributed by atoms with E-state index in [4.69, 9.17) is 5.11 Å². The van der Waals surface area contributed by atoms with Crippen molar-refractivity contribution in [3.05, 3.63) is 29.6 Å². The van der Waals surface area contributed by atoms with Crippen LogP contribution in [-0.4, -0.2) is 22.1 Å². The van der Waals surface area contributed by atoms with Gasteiger partial charge in [-0.15, -0.1) is 0 Å².